The van der Waals surface area contributed by atoms with Gasteiger partial charge in [0.05, 0.1) is 5.25 Å². The van der Waals surface area contributed by atoms with E-state index in [1.54, 1.807) is 0 Å². The zero-order chi connectivity index (χ0) is 15.2. The summed E-state index contributed by atoms with van der Waals surface area (Å²) in [6.07, 6.45) is 4.80. The predicted octanol–water partition coefficient (Wildman–Crippen LogP) is 4.05. The van der Waals surface area contributed by atoms with E-state index in [-0.39, 0.29) is 11.3 Å². The van der Waals surface area contributed by atoms with Crippen molar-refractivity contribution < 1.29 is 4.21 Å². The molecule has 1 saturated carbocycles. The Hall–Kier alpha value is -0.670. The van der Waals surface area contributed by atoms with Crippen LogP contribution in [0.2, 0.25) is 0 Å². The lowest BCUT2D eigenvalue weighted by Gasteiger charge is -2.32. The lowest BCUT2D eigenvalue weighted by molar-refractivity contribution is 0.386. The van der Waals surface area contributed by atoms with Gasteiger partial charge in [-0.05, 0) is 37.8 Å². The van der Waals surface area contributed by atoms with E-state index in [9.17, 15) is 4.21 Å². The molecular formula is C18H29NOS. The van der Waals surface area contributed by atoms with E-state index >= 15 is 0 Å². The maximum atomic E-state index is 13.0. The Balaban J connectivity index is 2.10. The van der Waals surface area contributed by atoms with Crippen LogP contribution in [0.1, 0.15) is 58.1 Å². The normalized spacial score (nSPS) is 27.0. The maximum absolute atomic E-state index is 13.0. The molecule has 5 atom stereocenters. The van der Waals surface area contributed by atoms with E-state index in [1.807, 2.05) is 6.07 Å². The number of benzene rings is 1. The van der Waals surface area contributed by atoms with Crippen LogP contribution < -0.4 is 5.32 Å². The number of hydrogen-bond donors (Lipinski definition) is 1. The topological polar surface area (TPSA) is 29.1 Å². The Kier molecular flexibility index (Phi) is 6.43. The first kappa shape index (κ1) is 16.7. The van der Waals surface area contributed by atoms with Gasteiger partial charge >= 0.3 is 0 Å². The molecule has 0 amide bonds. The van der Waals surface area contributed by atoms with Gasteiger partial charge in [0.25, 0.3) is 0 Å². The van der Waals surface area contributed by atoms with Gasteiger partial charge in [0, 0.05) is 22.1 Å². The van der Waals surface area contributed by atoms with Crippen LogP contribution in [0.5, 0.6) is 0 Å². The smallest absolute Gasteiger partial charge is 0.0517 e. The molecule has 118 valence electrons. The highest BCUT2D eigenvalue weighted by atomic mass is 32.2. The van der Waals surface area contributed by atoms with Crippen molar-refractivity contribution in [1.82, 2.24) is 5.32 Å². The summed E-state index contributed by atoms with van der Waals surface area (Å²) < 4.78 is 13.0. The van der Waals surface area contributed by atoms with Crippen LogP contribution >= 0.6 is 0 Å². The fraction of sp³-hybridized carbons (Fsp3) is 0.667. The van der Waals surface area contributed by atoms with Crippen molar-refractivity contribution in [3.8, 4) is 0 Å². The molecule has 0 aromatic heterocycles. The molecule has 2 nitrogen and oxygen atoms in total. The summed E-state index contributed by atoms with van der Waals surface area (Å²) in [7, 11) is -0.766. The van der Waals surface area contributed by atoms with Gasteiger partial charge in [-0.15, -0.1) is 0 Å². The number of nitrogens with one attached hydrogen (secondary N) is 1. The third-order valence-corrected chi connectivity index (χ3v) is 6.73. The maximum Gasteiger partial charge on any atom is 0.0517 e. The van der Waals surface area contributed by atoms with Gasteiger partial charge in [-0.3, -0.25) is 4.21 Å². The summed E-state index contributed by atoms with van der Waals surface area (Å²) in [5.74, 6) is 0.731. The van der Waals surface area contributed by atoms with Gasteiger partial charge in [-0.25, -0.2) is 0 Å². The summed E-state index contributed by atoms with van der Waals surface area (Å²) in [6.45, 7) is 7.47. The molecular weight excluding hydrogens is 278 g/mol. The third kappa shape index (κ3) is 4.40. The standard InChI is InChI=1S/C18H29NOS/c1-4-19-18(16-10-6-5-7-11-16)15(3)21(20)17-12-8-9-14(2)13-17/h5-7,10-11,14-15,17-19H,4,8-9,12-13H2,1-3H3. The number of rotatable bonds is 6. The molecule has 1 aliphatic rings. The van der Waals surface area contributed by atoms with Crippen molar-refractivity contribution in [3.05, 3.63) is 35.9 Å². The Morgan fingerprint density at radius 2 is 2.00 bits per heavy atom. The van der Waals surface area contributed by atoms with Crippen molar-refractivity contribution in [1.29, 1.82) is 0 Å². The molecule has 1 fully saturated rings. The van der Waals surface area contributed by atoms with Crippen molar-refractivity contribution in [3.63, 3.8) is 0 Å². The molecule has 3 heteroatoms. The highest BCUT2D eigenvalue weighted by Gasteiger charge is 2.31. The molecule has 0 saturated heterocycles. The second-order valence-corrected chi connectivity index (χ2v) is 8.44. The summed E-state index contributed by atoms with van der Waals surface area (Å²) >= 11 is 0. The molecule has 1 aliphatic carbocycles. The van der Waals surface area contributed by atoms with Gasteiger partial charge in [-0.2, -0.15) is 0 Å². The molecule has 0 aliphatic heterocycles. The van der Waals surface area contributed by atoms with Crippen molar-refractivity contribution >= 4 is 10.8 Å². The molecule has 0 heterocycles. The Morgan fingerprint density at radius 3 is 2.62 bits per heavy atom. The van der Waals surface area contributed by atoms with Crippen molar-refractivity contribution in [2.45, 2.75) is 63.0 Å². The first-order valence-electron chi connectivity index (χ1n) is 8.31. The molecule has 2 rings (SSSR count). The fourth-order valence-electron chi connectivity index (χ4n) is 3.46. The highest BCUT2D eigenvalue weighted by Crippen LogP contribution is 2.31. The largest absolute Gasteiger partial charge is 0.309 e. The lowest BCUT2D eigenvalue weighted by Crippen LogP contribution is -2.38. The molecule has 0 spiro atoms. The Labute approximate surface area is 132 Å². The van der Waals surface area contributed by atoms with Crippen LogP contribution in [0.15, 0.2) is 30.3 Å². The molecule has 0 radical (unpaired) electrons. The Morgan fingerprint density at radius 1 is 1.29 bits per heavy atom. The lowest BCUT2D eigenvalue weighted by atomic mass is 9.90. The highest BCUT2D eigenvalue weighted by molar-refractivity contribution is 7.86. The average molecular weight is 308 g/mol. The molecule has 1 aromatic rings. The van der Waals surface area contributed by atoms with E-state index in [0.717, 1.165) is 25.3 Å². The molecule has 21 heavy (non-hydrogen) atoms. The van der Waals surface area contributed by atoms with Gasteiger partial charge in [0.15, 0.2) is 0 Å². The second-order valence-electron chi connectivity index (χ2n) is 6.37. The number of hydrogen-bond acceptors (Lipinski definition) is 2. The van der Waals surface area contributed by atoms with E-state index in [1.165, 1.54) is 18.4 Å². The van der Waals surface area contributed by atoms with Crippen LogP contribution in [0.3, 0.4) is 0 Å². The molecule has 1 aromatic carbocycles. The SMILES string of the molecule is CCNC(c1ccccc1)C(C)S(=O)C1CCCC(C)C1. The fourth-order valence-corrected chi connectivity index (χ4v) is 5.51. The summed E-state index contributed by atoms with van der Waals surface area (Å²) in [6, 6.07) is 10.6. The van der Waals surface area contributed by atoms with Crippen LogP contribution in [-0.4, -0.2) is 21.3 Å². The summed E-state index contributed by atoms with van der Waals surface area (Å²) in [4.78, 5) is 0. The van der Waals surface area contributed by atoms with E-state index < -0.39 is 10.8 Å². The minimum atomic E-state index is -0.766. The Bertz CT molecular complexity index is 448. The van der Waals surface area contributed by atoms with Crippen molar-refractivity contribution in [2.24, 2.45) is 5.92 Å². The molecule has 5 unspecified atom stereocenters. The van der Waals surface area contributed by atoms with E-state index in [0.29, 0.717) is 5.25 Å². The average Bonchev–Trinajstić information content (AvgIpc) is 2.52. The zero-order valence-electron chi connectivity index (χ0n) is 13.5. The second kappa shape index (κ2) is 8.09. The minimum absolute atomic E-state index is 0.155. The quantitative estimate of drug-likeness (QED) is 0.859. The van der Waals surface area contributed by atoms with E-state index in [4.69, 9.17) is 0 Å². The van der Waals surface area contributed by atoms with E-state index in [2.05, 4.69) is 50.4 Å². The van der Waals surface area contributed by atoms with Crippen molar-refractivity contribution in [2.75, 3.05) is 6.54 Å². The first-order valence-corrected chi connectivity index (χ1v) is 9.58. The third-order valence-electron chi connectivity index (χ3n) is 4.64. The van der Waals surface area contributed by atoms with Gasteiger partial charge in [0.2, 0.25) is 0 Å². The summed E-state index contributed by atoms with van der Waals surface area (Å²) in [5, 5.41) is 4.08. The monoisotopic (exact) mass is 307 g/mol. The summed E-state index contributed by atoms with van der Waals surface area (Å²) in [5.41, 5.74) is 1.25. The van der Waals surface area contributed by atoms with Gasteiger partial charge < -0.3 is 5.32 Å². The van der Waals surface area contributed by atoms with Gasteiger partial charge in [-0.1, -0.05) is 57.0 Å². The zero-order valence-corrected chi connectivity index (χ0v) is 14.4. The first-order chi connectivity index (χ1) is 10.1. The van der Waals surface area contributed by atoms with Crippen LogP contribution in [0.4, 0.5) is 0 Å². The predicted molar refractivity (Wildman–Crippen MR) is 91.9 cm³/mol. The molecule has 1 N–H and O–H groups in total. The van der Waals surface area contributed by atoms with Crippen LogP contribution in [0.25, 0.3) is 0 Å². The minimum Gasteiger partial charge on any atom is -0.309 e. The van der Waals surface area contributed by atoms with Crippen LogP contribution in [-0.2, 0) is 10.8 Å². The van der Waals surface area contributed by atoms with Gasteiger partial charge in [0.1, 0.15) is 0 Å². The van der Waals surface area contributed by atoms with Crippen LogP contribution in [0, 0.1) is 5.92 Å². The molecule has 0 bridgehead atoms.